The summed E-state index contributed by atoms with van der Waals surface area (Å²) in [6.45, 7) is 8.82. The van der Waals surface area contributed by atoms with Crippen LogP contribution in [0.4, 0.5) is 0 Å². The number of hydrazine groups is 1. The largest absolute Gasteiger partial charge is 0.491 e. The molecule has 0 saturated heterocycles. The minimum atomic E-state index is 0.208. The van der Waals surface area contributed by atoms with Gasteiger partial charge in [-0.1, -0.05) is 26.0 Å². The molecular weight excluding hydrogens is 260 g/mol. The highest BCUT2D eigenvalue weighted by molar-refractivity contribution is 5.29. The number of hydrogen-bond acceptors (Lipinski definition) is 3. The summed E-state index contributed by atoms with van der Waals surface area (Å²) in [7, 11) is 0. The molecule has 2 rings (SSSR count). The second kappa shape index (κ2) is 6.80. The Morgan fingerprint density at radius 1 is 1.14 bits per heavy atom. The van der Waals surface area contributed by atoms with Gasteiger partial charge in [0.05, 0.1) is 6.10 Å². The van der Waals surface area contributed by atoms with Crippen molar-refractivity contribution in [1.82, 2.24) is 5.43 Å². The number of benzene rings is 1. The van der Waals surface area contributed by atoms with Crippen molar-refractivity contribution in [1.29, 1.82) is 0 Å². The molecule has 21 heavy (non-hydrogen) atoms. The Balaban J connectivity index is 2.04. The van der Waals surface area contributed by atoms with Crippen LogP contribution in [0, 0.1) is 11.3 Å². The summed E-state index contributed by atoms with van der Waals surface area (Å²) >= 11 is 0. The van der Waals surface area contributed by atoms with Crippen molar-refractivity contribution in [3.63, 3.8) is 0 Å². The molecule has 0 bridgehead atoms. The number of rotatable bonds is 5. The van der Waals surface area contributed by atoms with E-state index in [1.54, 1.807) is 0 Å². The summed E-state index contributed by atoms with van der Waals surface area (Å²) in [5.74, 6) is 7.39. The van der Waals surface area contributed by atoms with E-state index < -0.39 is 0 Å². The number of ether oxygens (including phenoxy) is 1. The maximum Gasteiger partial charge on any atom is 0.119 e. The molecule has 1 atom stereocenters. The van der Waals surface area contributed by atoms with Crippen LogP contribution in [0.15, 0.2) is 24.3 Å². The summed E-state index contributed by atoms with van der Waals surface area (Å²) in [5, 5.41) is 0. The highest BCUT2D eigenvalue weighted by atomic mass is 16.5. The molecule has 118 valence electrons. The maximum absolute atomic E-state index is 5.84. The minimum absolute atomic E-state index is 0.208. The molecule has 1 saturated carbocycles. The van der Waals surface area contributed by atoms with Crippen LogP contribution in [0.1, 0.15) is 65.0 Å². The zero-order valence-electron chi connectivity index (χ0n) is 13.9. The average Bonchev–Trinajstić information content (AvgIpc) is 2.42. The SMILES string of the molecule is CC(C)Oc1ccc(C(NN)C2CCC(C)(C)CC2)cc1. The second-order valence-corrected chi connectivity index (χ2v) is 7.38. The number of nitrogens with two attached hydrogens (primary N) is 1. The lowest BCUT2D eigenvalue weighted by molar-refractivity contribution is 0.161. The van der Waals surface area contributed by atoms with Crippen molar-refractivity contribution >= 4 is 0 Å². The van der Waals surface area contributed by atoms with E-state index in [0.29, 0.717) is 11.3 Å². The Morgan fingerprint density at radius 2 is 1.71 bits per heavy atom. The van der Waals surface area contributed by atoms with Crippen molar-refractivity contribution in [3.8, 4) is 5.75 Å². The van der Waals surface area contributed by atoms with Crippen molar-refractivity contribution in [3.05, 3.63) is 29.8 Å². The summed E-state index contributed by atoms with van der Waals surface area (Å²) in [4.78, 5) is 0. The fraction of sp³-hybridized carbons (Fsp3) is 0.667. The highest BCUT2D eigenvalue weighted by Crippen LogP contribution is 2.42. The summed E-state index contributed by atoms with van der Waals surface area (Å²) in [5.41, 5.74) is 4.79. The van der Waals surface area contributed by atoms with Gasteiger partial charge in [0.2, 0.25) is 0 Å². The average molecular weight is 290 g/mol. The van der Waals surface area contributed by atoms with Crippen LogP contribution >= 0.6 is 0 Å². The van der Waals surface area contributed by atoms with Gasteiger partial charge in [0.25, 0.3) is 0 Å². The molecule has 0 heterocycles. The van der Waals surface area contributed by atoms with Gasteiger partial charge in [-0.2, -0.15) is 0 Å². The predicted octanol–water partition coefficient (Wildman–Crippen LogP) is 4.19. The molecule has 1 aliphatic carbocycles. The third-order valence-corrected chi connectivity index (χ3v) is 4.65. The molecule has 1 aliphatic rings. The molecule has 0 amide bonds. The van der Waals surface area contributed by atoms with Crippen LogP contribution in [0.25, 0.3) is 0 Å². The van der Waals surface area contributed by atoms with E-state index in [-0.39, 0.29) is 12.1 Å². The Morgan fingerprint density at radius 3 is 2.19 bits per heavy atom. The molecule has 0 aromatic heterocycles. The van der Waals surface area contributed by atoms with E-state index in [2.05, 4.69) is 31.4 Å². The first-order chi connectivity index (χ1) is 9.91. The summed E-state index contributed by atoms with van der Waals surface area (Å²) < 4.78 is 5.70. The Kier molecular flexibility index (Phi) is 5.28. The van der Waals surface area contributed by atoms with Crippen LogP contribution in [0.5, 0.6) is 5.75 Å². The van der Waals surface area contributed by atoms with E-state index in [9.17, 15) is 0 Å². The predicted molar refractivity (Wildman–Crippen MR) is 88.0 cm³/mol. The normalized spacial score (nSPS) is 20.5. The molecule has 1 aromatic rings. The summed E-state index contributed by atoms with van der Waals surface area (Å²) in [6.07, 6.45) is 5.26. The molecule has 1 fully saturated rings. The molecular formula is C18H30N2O. The number of nitrogens with one attached hydrogen (secondary N) is 1. The van der Waals surface area contributed by atoms with Gasteiger partial charge in [-0.05, 0) is 68.6 Å². The Hall–Kier alpha value is -1.06. The molecule has 3 N–H and O–H groups in total. The van der Waals surface area contributed by atoms with E-state index in [1.165, 1.54) is 31.2 Å². The lowest BCUT2D eigenvalue weighted by atomic mass is 9.70. The van der Waals surface area contributed by atoms with Gasteiger partial charge in [0.15, 0.2) is 0 Å². The molecule has 0 radical (unpaired) electrons. The highest BCUT2D eigenvalue weighted by Gasteiger charge is 2.31. The smallest absolute Gasteiger partial charge is 0.119 e. The standard InChI is InChI=1S/C18H30N2O/c1-13(2)21-16-7-5-14(6-8-16)17(20-19)15-9-11-18(3,4)12-10-15/h5-8,13,15,17,20H,9-12,19H2,1-4H3. The van der Waals surface area contributed by atoms with E-state index in [0.717, 1.165) is 5.75 Å². The van der Waals surface area contributed by atoms with Gasteiger partial charge in [-0.25, -0.2) is 0 Å². The topological polar surface area (TPSA) is 47.3 Å². The van der Waals surface area contributed by atoms with Crippen molar-refractivity contribution in [2.24, 2.45) is 17.2 Å². The van der Waals surface area contributed by atoms with Crippen LogP contribution in [-0.4, -0.2) is 6.10 Å². The zero-order valence-corrected chi connectivity index (χ0v) is 13.9. The fourth-order valence-electron chi connectivity index (χ4n) is 3.29. The first-order valence-corrected chi connectivity index (χ1v) is 8.14. The van der Waals surface area contributed by atoms with Gasteiger partial charge < -0.3 is 4.74 Å². The Bertz CT molecular complexity index is 429. The molecule has 0 aliphatic heterocycles. The maximum atomic E-state index is 5.84. The fourth-order valence-corrected chi connectivity index (χ4v) is 3.29. The molecule has 1 aromatic carbocycles. The molecule has 1 unspecified atom stereocenters. The van der Waals surface area contributed by atoms with Gasteiger partial charge in [-0.3, -0.25) is 11.3 Å². The van der Waals surface area contributed by atoms with Gasteiger partial charge in [-0.15, -0.1) is 0 Å². The van der Waals surface area contributed by atoms with Gasteiger partial charge >= 0.3 is 0 Å². The second-order valence-electron chi connectivity index (χ2n) is 7.38. The van der Waals surface area contributed by atoms with Gasteiger partial charge in [0, 0.05) is 6.04 Å². The van der Waals surface area contributed by atoms with E-state index in [1.807, 2.05) is 26.0 Å². The van der Waals surface area contributed by atoms with Crippen molar-refractivity contribution < 1.29 is 4.74 Å². The molecule has 3 heteroatoms. The lowest BCUT2D eigenvalue weighted by Gasteiger charge is -2.38. The Labute approximate surface area is 129 Å². The minimum Gasteiger partial charge on any atom is -0.491 e. The number of hydrogen-bond donors (Lipinski definition) is 2. The quantitative estimate of drug-likeness (QED) is 0.631. The molecule has 3 nitrogen and oxygen atoms in total. The van der Waals surface area contributed by atoms with Crippen molar-refractivity contribution in [2.75, 3.05) is 0 Å². The van der Waals surface area contributed by atoms with E-state index >= 15 is 0 Å². The monoisotopic (exact) mass is 290 g/mol. The third-order valence-electron chi connectivity index (χ3n) is 4.65. The van der Waals surface area contributed by atoms with Crippen LogP contribution < -0.4 is 16.0 Å². The van der Waals surface area contributed by atoms with Gasteiger partial charge in [0.1, 0.15) is 5.75 Å². The van der Waals surface area contributed by atoms with Crippen LogP contribution in [0.3, 0.4) is 0 Å². The summed E-state index contributed by atoms with van der Waals surface area (Å²) in [6, 6.07) is 8.62. The first-order valence-electron chi connectivity index (χ1n) is 8.14. The van der Waals surface area contributed by atoms with E-state index in [4.69, 9.17) is 10.6 Å². The first kappa shape index (κ1) is 16.3. The van der Waals surface area contributed by atoms with Crippen LogP contribution in [0.2, 0.25) is 0 Å². The lowest BCUT2D eigenvalue weighted by Crippen LogP contribution is -2.36. The zero-order chi connectivity index (χ0) is 15.5. The van der Waals surface area contributed by atoms with Crippen LogP contribution in [-0.2, 0) is 0 Å². The van der Waals surface area contributed by atoms with Crippen molar-refractivity contribution in [2.45, 2.75) is 65.5 Å². The third kappa shape index (κ3) is 4.45. The molecule has 0 spiro atoms.